The average Bonchev–Trinajstić information content (AvgIpc) is 2.47. The van der Waals surface area contributed by atoms with E-state index in [0.717, 1.165) is 12.1 Å². The molecule has 2 aromatic carbocycles. The van der Waals surface area contributed by atoms with E-state index in [9.17, 15) is 9.18 Å². The first-order valence-corrected chi connectivity index (χ1v) is 6.85. The van der Waals surface area contributed by atoms with Crippen LogP contribution in [0.15, 0.2) is 48.5 Å². The zero-order valence-electron chi connectivity index (χ0n) is 12.3. The molecule has 110 valence electrons. The van der Waals surface area contributed by atoms with Crippen LogP contribution in [0, 0.1) is 5.82 Å². The van der Waals surface area contributed by atoms with Crippen LogP contribution < -0.4 is 5.32 Å². The van der Waals surface area contributed by atoms with Crippen LogP contribution in [0.3, 0.4) is 0 Å². The summed E-state index contributed by atoms with van der Waals surface area (Å²) in [5.74, 6) is -0.664. The Bertz CT molecular complexity index is 611. The van der Waals surface area contributed by atoms with Gasteiger partial charge in [-0.3, -0.25) is 4.79 Å². The van der Waals surface area contributed by atoms with E-state index in [4.69, 9.17) is 0 Å². The van der Waals surface area contributed by atoms with Gasteiger partial charge < -0.3 is 10.2 Å². The molecule has 2 rings (SSSR count). The van der Waals surface area contributed by atoms with Gasteiger partial charge >= 0.3 is 0 Å². The smallest absolute Gasteiger partial charge is 0.251 e. The molecule has 1 N–H and O–H groups in total. The Kier molecular flexibility index (Phi) is 5.06. The number of carbonyl (C=O) groups excluding carboxylic acids is 1. The van der Waals surface area contributed by atoms with Gasteiger partial charge in [0.25, 0.3) is 5.91 Å². The summed E-state index contributed by atoms with van der Waals surface area (Å²) >= 11 is 0. The second-order valence-electron chi connectivity index (χ2n) is 5.15. The minimum absolute atomic E-state index is 0.256. The van der Waals surface area contributed by atoms with Crippen molar-refractivity contribution >= 4 is 5.91 Å². The standard InChI is InChI=1S/C17H19FN2O/c1-20(2)9-8-19-17(21)15-10-14(11-16(18)12-15)13-6-4-3-5-7-13/h3-7,10-12H,8-9H2,1-2H3,(H,19,21). The molecule has 0 aliphatic rings. The molecule has 0 unspecified atom stereocenters. The molecule has 0 bridgehead atoms. The van der Waals surface area contributed by atoms with E-state index in [2.05, 4.69) is 5.32 Å². The molecule has 0 fully saturated rings. The number of nitrogens with one attached hydrogen (secondary N) is 1. The van der Waals surface area contributed by atoms with Gasteiger partial charge in [-0.2, -0.15) is 0 Å². The molecule has 0 aliphatic heterocycles. The van der Waals surface area contributed by atoms with Crippen LogP contribution in [0.1, 0.15) is 10.4 Å². The molecule has 0 saturated carbocycles. The van der Waals surface area contributed by atoms with Gasteiger partial charge in [0.15, 0.2) is 0 Å². The van der Waals surface area contributed by atoms with Crippen LogP contribution in [0.5, 0.6) is 0 Å². The highest BCUT2D eigenvalue weighted by Crippen LogP contribution is 2.21. The van der Waals surface area contributed by atoms with Crippen molar-refractivity contribution in [2.75, 3.05) is 27.2 Å². The zero-order valence-corrected chi connectivity index (χ0v) is 12.3. The number of rotatable bonds is 5. The number of amides is 1. The van der Waals surface area contributed by atoms with E-state index >= 15 is 0 Å². The van der Waals surface area contributed by atoms with Gasteiger partial charge in [-0.15, -0.1) is 0 Å². The summed E-state index contributed by atoms with van der Waals surface area (Å²) in [5, 5.41) is 2.79. The largest absolute Gasteiger partial charge is 0.351 e. The van der Waals surface area contributed by atoms with E-state index in [1.807, 2.05) is 49.3 Å². The van der Waals surface area contributed by atoms with Crippen molar-refractivity contribution in [3.05, 3.63) is 59.9 Å². The first-order valence-electron chi connectivity index (χ1n) is 6.85. The molecular weight excluding hydrogens is 267 g/mol. The number of nitrogens with zero attached hydrogens (tertiary/aromatic N) is 1. The second-order valence-corrected chi connectivity index (χ2v) is 5.15. The molecule has 2 aromatic rings. The molecule has 4 heteroatoms. The molecule has 0 atom stereocenters. The predicted molar refractivity (Wildman–Crippen MR) is 82.7 cm³/mol. The Hall–Kier alpha value is -2.20. The van der Waals surface area contributed by atoms with Gasteiger partial charge in [-0.25, -0.2) is 4.39 Å². The van der Waals surface area contributed by atoms with Gasteiger partial charge in [0.2, 0.25) is 0 Å². The normalized spacial score (nSPS) is 10.7. The molecule has 0 aromatic heterocycles. The SMILES string of the molecule is CN(C)CCNC(=O)c1cc(F)cc(-c2ccccc2)c1. The van der Waals surface area contributed by atoms with Crippen LogP contribution in [0.25, 0.3) is 11.1 Å². The van der Waals surface area contributed by atoms with E-state index in [-0.39, 0.29) is 5.91 Å². The third-order valence-corrected chi connectivity index (χ3v) is 3.11. The monoisotopic (exact) mass is 286 g/mol. The average molecular weight is 286 g/mol. The van der Waals surface area contributed by atoms with Crippen LogP contribution in [0.2, 0.25) is 0 Å². The Morgan fingerprint density at radius 1 is 1.10 bits per heavy atom. The fourth-order valence-electron chi connectivity index (χ4n) is 2.01. The minimum Gasteiger partial charge on any atom is -0.351 e. The molecule has 3 nitrogen and oxygen atoms in total. The maximum Gasteiger partial charge on any atom is 0.251 e. The summed E-state index contributed by atoms with van der Waals surface area (Å²) in [6, 6.07) is 13.9. The van der Waals surface area contributed by atoms with Crippen molar-refractivity contribution in [2.24, 2.45) is 0 Å². The number of carbonyl (C=O) groups is 1. The molecule has 21 heavy (non-hydrogen) atoms. The van der Waals surface area contributed by atoms with Crippen LogP contribution in [0.4, 0.5) is 4.39 Å². The third kappa shape index (κ3) is 4.39. The highest BCUT2D eigenvalue weighted by atomic mass is 19.1. The number of likely N-dealkylation sites (N-methyl/N-ethyl adjacent to an activating group) is 1. The number of halogens is 1. The summed E-state index contributed by atoms with van der Waals surface area (Å²) in [6.45, 7) is 1.27. The highest BCUT2D eigenvalue weighted by Gasteiger charge is 2.09. The minimum atomic E-state index is -0.408. The molecule has 0 saturated heterocycles. The van der Waals surface area contributed by atoms with E-state index in [0.29, 0.717) is 17.7 Å². The van der Waals surface area contributed by atoms with Gasteiger partial charge in [-0.05, 0) is 43.4 Å². The molecular formula is C17H19FN2O. The van der Waals surface area contributed by atoms with E-state index in [1.54, 1.807) is 6.07 Å². The Morgan fingerprint density at radius 3 is 2.48 bits per heavy atom. The zero-order chi connectivity index (χ0) is 15.2. The van der Waals surface area contributed by atoms with Gasteiger partial charge in [0.05, 0.1) is 0 Å². The van der Waals surface area contributed by atoms with Gasteiger partial charge in [0, 0.05) is 18.7 Å². The lowest BCUT2D eigenvalue weighted by molar-refractivity contribution is 0.0950. The number of hydrogen-bond donors (Lipinski definition) is 1. The summed E-state index contributed by atoms with van der Waals surface area (Å²) in [6.07, 6.45) is 0. The third-order valence-electron chi connectivity index (χ3n) is 3.11. The van der Waals surface area contributed by atoms with Crippen molar-refractivity contribution in [3.63, 3.8) is 0 Å². The summed E-state index contributed by atoms with van der Waals surface area (Å²) < 4.78 is 13.7. The molecule has 0 radical (unpaired) electrons. The second kappa shape index (κ2) is 6.99. The lowest BCUT2D eigenvalue weighted by Gasteiger charge is -2.11. The van der Waals surface area contributed by atoms with Gasteiger partial charge in [0.1, 0.15) is 5.82 Å². The predicted octanol–water partition coefficient (Wildman–Crippen LogP) is 2.78. The number of hydrogen-bond acceptors (Lipinski definition) is 2. The topological polar surface area (TPSA) is 32.3 Å². The molecule has 0 heterocycles. The maximum atomic E-state index is 13.7. The van der Waals surface area contributed by atoms with Crippen molar-refractivity contribution in [1.82, 2.24) is 10.2 Å². The Balaban J connectivity index is 2.17. The molecule has 1 amide bonds. The number of benzene rings is 2. The van der Waals surface area contributed by atoms with Crippen molar-refractivity contribution in [3.8, 4) is 11.1 Å². The van der Waals surface area contributed by atoms with Crippen molar-refractivity contribution < 1.29 is 9.18 Å². The quantitative estimate of drug-likeness (QED) is 0.916. The Labute approximate surface area is 124 Å². The highest BCUT2D eigenvalue weighted by molar-refractivity contribution is 5.95. The lowest BCUT2D eigenvalue weighted by Crippen LogP contribution is -2.31. The van der Waals surface area contributed by atoms with Crippen LogP contribution in [-0.2, 0) is 0 Å². The fraction of sp³-hybridized carbons (Fsp3) is 0.235. The molecule has 0 aliphatic carbocycles. The summed E-state index contributed by atoms with van der Waals surface area (Å²) in [7, 11) is 3.86. The molecule has 0 spiro atoms. The van der Waals surface area contributed by atoms with Crippen molar-refractivity contribution in [2.45, 2.75) is 0 Å². The maximum absolute atomic E-state index is 13.7. The van der Waals surface area contributed by atoms with Crippen LogP contribution >= 0.6 is 0 Å². The first-order chi connectivity index (χ1) is 10.1. The summed E-state index contributed by atoms with van der Waals surface area (Å²) in [4.78, 5) is 14.0. The summed E-state index contributed by atoms with van der Waals surface area (Å²) in [5.41, 5.74) is 1.93. The van der Waals surface area contributed by atoms with Crippen LogP contribution in [-0.4, -0.2) is 38.0 Å². The van der Waals surface area contributed by atoms with Gasteiger partial charge in [-0.1, -0.05) is 30.3 Å². The van der Waals surface area contributed by atoms with E-state index < -0.39 is 5.82 Å². The lowest BCUT2D eigenvalue weighted by atomic mass is 10.0. The van der Waals surface area contributed by atoms with Crippen molar-refractivity contribution in [1.29, 1.82) is 0 Å². The fourth-order valence-corrected chi connectivity index (χ4v) is 2.01. The first kappa shape index (κ1) is 15.2. The Morgan fingerprint density at radius 2 is 1.81 bits per heavy atom. The van der Waals surface area contributed by atoms with E-state index in [1.165, 1.54) is 12.1 Å².